The Labute approximate surface area is 244 Å². The zero-order chi connectivity index (χ0) is 29.3. The number of aromatic nitrogens is 6. The molecule has 0 bridgehead atoms. The molecule has 5 heterocycles. The van der Waals surface area contributed by atoms with E-state index in [1.807, 2.05) is 54.8 Å². The summed E-state index contributed by atoms with van der Waals surface area (Å²) >= 11 is 0. The van der Waals surface area contributed by atoms with E-state index in [-0.39, 0.29) is 24.0 Å². The zero-order valence-corrected chi connectivity index (χ0v) is 25.0. The van der Waals surface area contributed by atoms with Gasteiger partial charge in [-0.1, -0.05) is 0 Å². The van der Waals surface area contributed by atoms with Crippen molar-refractivity contribution in [3.63, 3.8) is 0 Å². The van der Waals surface area contributed by atoms with Gasteiger partial charge in [-0.05, 0) is 59.4 Å². The maximum absolute atomic E-state index is 13.9. The van der Waals surface area contributed by atoms with E-state index < -0.39 is 0 Å². The van der Waals surface area contributed by atoms with E-state index in [1.54, 1.807) is 17.1 Å². The van der Waals surface area contributed by atoms with Crippen LogP contribution >= 0.6 is 0 Å². The fraction of sp³-hybridized carbons (Fsp3) is 0.567. The SMILES string of the molecule is CCn1nc(Nc2nc3c(cc(C(=O)N(C4CC4)C4CC4)n3CC)c3c2ncn3C)cc1C(=O)N1C[C@@H](C)O[C@@H](C)C1. The van der Waals surface area contributed by atoms with E-state index in [0.29, 0.717) is 66.8 Å². The normalized spacial score (nSPS) is 20.9. The lowest BCUT2D eigenvalue weighted by Gasteiger charge is -2.35. The molecule has 0 unspecified atom stereocenters. The van der Waals surface area contributed by atoms with E-state index in [4.69, 9.17) is 14.8 Å². The van der Waals surface area contributed by atoms with Gasteiger partial charge in [-0.15, -0.1) is 0 Å². The molecule has 1 N–H and O–H groups in total. The number of hydrogen-bond acceptors (Lipinski definition) is 7. The first kappa shape index (κ1) is 26.9. The second-order valence-corrected chi connectivity index (χ2v) is 12.0. The molecule has 0 radical (unpaired) electrons. The van der Waals surface area contributed by atoms with Crippen LogP contribution in [-0.4, -0.2) is 87.9 Å². The first-order valence-corrected chi connectivity index (χ1v) is 15.2. The monoisotopic (exact) mass is 573 g/mol. The number of nitrogens with zero attached hydrogens (tertiary/aromatic N) is 8. The lowest BCUT2D eigenvalue weighted by Crippen LogP contribution is -2.48. The molecule has 42 heavy (non-hydrogen) atoms. The predicted octanol–water partition coefficient (Wildman–Crippen LogP) is 3.92. The Morgan fingerprint density at radius 3 is 2.33 bits per heavy atom. The molecule has 4 aromatic heterocycles. The Kier molecular flexibility index (Phi) is 6.48. The molecule has 1 saturated heterocycles. The van der Waals surface area contributed by atoms with E-state index in [2.05, 4.69) is 15.2 Å². The molecule has 2 aliphatic carbocycles. The van der Waals surface area contributed by atoms with Gasteiger partial charge in [0.15, 0.2) is 11.6 Å². The third-order valence-corrected chi connectivity index (χ3v) is 8.60. The van der Waals surface area contributed by atoms with Crippen LogP contribution < -0.4 is 5.32 Å². The van der Waals surface area contributed by atoms with Crippen LogP contribution in [0.5, 0.6) is 0 Å². The fourth-order valence-corrected chi connectivity index (χ4v) is 6.48. The molecule has 3 fully saturated rings. The van der Waals surface area contributed by atoms with Gasteiger partial charge in [0, 0.05) is 56.8 Å². The lowest BCUT2D eigenvalue weighted by atomic mass is 10.2. The van der Waals surface area contributed by atoms with Gasteiger partial charge in [-0.2, -0.15) is 5.10 Å². The molecule has 3 aliphatic rings. The number of pyridine rings is 1. The summed E-state index contributed by atoms with van der Waals surface area (Å²) in [5.74, 6) is 1.10. The largest absolute Gasteiger partial charge is 0.372 e. The van der Waals surface area contributed by atoms with Gasteiger partial charge in [0.2, 0.25) is 0 Å². The van der Waals surface area contributed by atoms with Crippen LogP contribution in [0.4, 0.5) is 11.6 Å². The van der Waals surface area contributed by atoms with Gasteiger partial charge in [0.25, 0.3) is 11.8 Å². The number of carbonyl (C=O) groups excluding carboxylic acids is 2. The van der Waals surface area contributed by atoms with Crippen molar-refractivity contribution in [1.29, 1.82) is 0 Å². The highest BCUT2D eigenvalue weighted by molar-refractivity contribution is 6.10. The Bertz CT molecular complexity index is 1670. The van der Waals surface area contributed by atoms with Crippen molar-refractivity contribution >= 4 is 45.5 Å². The predicted molar refractivity (Wildman–Crippen MR) is 159 cm³/mol. The second-order valence-electron chi connectivity index (χ2n) is 12.0. The fourth-order valence-electron chi connectivity index (χ4n) is 6.48. The second kappa shape index (κ2) is 10.1. The number of rotatable bonds is 8. The summed E-state index contributed by atoms with van der Waals surface area (Å²) in [4.78, 5) is 41.1. The first-order chi connectivity index (χ1) is 20.3. The number of hydrogen-bond donors (Lipinski definition) is 1. The Balaban J connectivity index is 1.27. The number of fused-ring (bicyclic) bond motifs is 3. The molecular weight excluding hydrogens is 534 g/mol. The Morgan fingerprint density at radius 1 is 1.02 bits per heavy atom. The smallest absolute Gasteiger partial charge is 0.272 e. The molecular formula is C30H39N9O3. The van der Waals surface area contributed by atoms with Gasteiger partial charge in [0.05, 0.1) is 24.1 Å². The number of ether oxygens (including phenoxy) is 1. The lowest BCUT2D eigenvalue weighted by molar-refractivity contribution is -0.0588. The van der Waals surface area contributed by atoms with E-state index in [1.165, 1.54) is 0 Å². The number of aryl methyl sites for hydroxylation is 3. The third kappa shape index (κ3) is 4.52. The van der Waals surface area contributed by atoms with Gasteiger partial charge in [-0.25, -0.2) is 9.97 Å². The van der Waals surface area contributed by atoms with Gasteiger partial charge < -0.3 is 29.0 Å². The van der Waals surface area contributed by atoms with Crippen LogP contribution in [0.3, 0.4) is 0 Å². The molecule has 2 amide bonds. The van der Waals surface area contributed by atoms with Crippen LogP contribution in [0.15, 0.2) is 18.5 Å². The van der Waals surface area contributed by atoms with Gasteiger partial charge >= 0.3 is 0 Å². The van der Waals surface area contributed by atoms with E-state index in [9.17, 15) is 9.59 Å². The van der Waals surface area contributed by atoms with Crippen molar-refractivity contribution in [3.05, 3.63) is 29.8 Å². The van der Waals surface area contributed by atoms with Gasteiger partial charge in [-0.3, -0.25) is 14.3 Å². The maximum Gasteiger partial charge on any atom is 0.272 e. The summed E-state index contributed by atoms with van der Waals surface area (Å²) in [5.41, 5.74) is 3.51. The van der Waals surface area contributed by atoms with Crippen LogP contribution in [0.25, 0.3) is 22.1 Å². The van der Waals surface area contributed by atoms with Crippen molar-refractivity contribution in [2.45, 2.75) is 90.8 Å². The first-order valence-electron chi connectivity index (χ1n) is 15.2. The summed E-state index contributed by atoms with van der Waals surface area (Å²) in [6, 6.07) is 4.51. The standard InChI is InChI=1S/C30H39N9O3/c1-6-37-22(30(41)39(19-8-9-19)20-10-11-20)12-21-26-25(31-16-35(26)5)27(33-28(21)37)32-24-13-23(38(7-2)34-24)29(40)36-14-17(3)42-18(4)15-36/h12-13,16-20H,6-11,14-15H2,1-5H3,(H,32,33,34)/t17-,18+. The Morgan fingerprint density at radius 2 is 1.71 bits per heavy atom. The molecule has 0 spiro atoms. The highest BCUT2D eigenvalue weighted by Gasteiger charge is 2.43. The Hall–Kier alpha value is -3.93. The quantitative estimate of drug-likeness (QED) is 0.340. The number of anilines is 2. The molecule has 4 aromatic rings. The number of amides is 2. The molecule has 7 rings (SSSR count). The van der Waals surface area contributed by atoms with Crippen LogP contribution in [-0.2, 0) is 24.9 Å². The highest BCUT2D eigenvalue weighted by Crippen LogP contribution is 2.39. The minimum Gasteiger partial charge on any atom is -0.372 e. The van der Waals surface area contributed by atoms with Crippen molar-refractivity contribution in [2.75, 3.05) is 18.4 Å². The van der Waals surface area contributed by atoms with Crippen molar-refractivity contribution in [2.24, 2.45) is 7.05 Å². The summed E-state index contributed by atoms with van der Waals surface area (Å²) in [5, 5.41) is 8.98. The number of imidazole rings is 1. The number of morpholine rings is 1. The molecule has 12 nitrogen and oxygen atoms in total. The summed E-state index contributed by atoms with van der Waals surface area (Å²) in [6.45, 7) is 10.2. The van der Waals surface area contributed by atoms with Crippen LogP contribution in [0.2, 0.25) is 0 Å². The molecule has 0 aromatic carbocycles. The summed E-state index contributed by atoms with van der Waals surface area (Å²) in [7, 11) is 1.96. The minimum absolute atomic E-state index is 0.0196. The molecule has 222 valence electrons. The van der Waals surface area contributed by atoms with E-state index >= 15 is 0 Å². The van der Waals surface area contributed by atoms with Crippen molar-refractivity contribution in [3.8, 4) is 0 Å². The maximum atomic E-state index is 13.9. The van der Waals surface area contributed by atoms with Crippen LogP contribution in [0.1, 0.15) is 74.4 Å². The van der Waals surface area contributed by atoms with E-state index in [0.717, 1.165) is 42.2 Å². The molecule has 12 heteroatoms. The third-order valence-electron chi connectivity index (χ3n) is 8.60. The highest BCUT2D eigenvalue weighted by atomic mass is 16.5. The average Bonchev–Trinajstić information content (AvgIpc) is 3.87. The average molecular weight is 574 g/mol. The van der Waals surface area contributed by atoms with Gasteiger partial charge in [0.1, 0.15) is 22.6 Å². The summed E-state index contributed by atoms with van der Waals surface area (Å²) < 4.78 is 11.5. The number of nitrogens with one attached hydrogen (secondary N) is 1. The molecule has 2 atom stereocenters. The molecule has 1 aliphatic heterocycles. The summed E-state index contributed by atoms with van der Waals surface area (Å²) in [6.07, 6.45) is 6.08. The minimum atomic E-state index is -0.0651. The zero-order valence-electron chi connectivity index (χ0n) is 25.0. The van der Waals surface area contributed by atoms with Crippen LogP contribution in [0, 0.1) is 0 Å². The topological polar surface area (TPSA) is 115 Å². The van der Waals surface area contributed by atoms with Crippen molar-refractivity contribution < 1.29 is 14.3 Å². The number of carbonyl (C=O) groups is 2. The molecule has 2 saturated carbocycles. The van der Waals surface area contributed by atoms with Crippen molar-refractivity contribution in [1.82, 2.24) is 38.7 Å².